The molecule has 0 heterocycles. The molecule has 0 aliphatic carbocycles. The summed E-state index contributed by atoms with van der Waals surface area (Å²) < 4.78 is 48.7. The Labute approximate surface area is 102 Å². The molecular formula is C12H10F3O2P. The molecule has 2 rings (SSSR count). The van der Waals surface area contributed by atoms with Gasteiger partial charge in [-0.1, -0.05) is 0 Å². The van der Waals surface area contributed by atoms with Crippen LogP contribution in [0.25, 0.3) is 0 Å². The third-order valence-corrected chi connectivity index (χ3v) is 2.96. The summed E-state index contributed by atoms with van der Waals surface area (Å²) >= 11 is 0. The fourth-order valence-electron chi connectivity index (χ4n) is 1.31. The van der Waals surface area contributed by atoms with Crippen molar-refractivity contribution in [3.63, 3.8) is 0 Å². The van der Waals surface area contributed by atoms with Gasteiger partial charge in [-0.15, -0.1) is 0 Å². The number of hydrogen-bond acceptors (Lipinski definition) is 2. The first-order valence-electron chi connectivity index (χ1n) is 5.10. The van der Waals surface area contributed by atoms with E-state index in [0.717, 1.165) is 0 Å². The van der Waals surface area contributed by atoms with Crippen molar-refractivity contribution in [3.05, 3.63) is 60.7 Å². The Morgan fingerprint density at radius 3 is 1.28 bits per heavy atom. The molecule has 0 aromatic heterocycles. The number of benzene rings is 2. The van der Waals surface area contributed by atoms with Crippen molar-refractivity contribution in [2.75, 3.05) is 0 Å². The summed E-state index contributed by atoms with van der Waals surface area (Å²) in [7, 11) is -7.16. The third kappa shape index (κ3) is 3.64. The van der Waals surface area contributed by atoms with Crippen LogP contribution in [0.5, 0.6) is 11.5 Å². The third-order valence-electron chi connectivity index (χ3n) is 1.98. The molecule has 0 saturated carbocycles. The van der Waals surface area contributed by atoms with E-state index in [1.54, 1.807) is 12.1 Å². The SMILES string of the molecule is FP(F)(F)(Oc1ccccc1)Oc1ccccc1. The van der Waals surface area contributed by atoms with Gasteiger partial charge in [-0.05, 0) is 0 Å². The van der Waals surface area contributed by atoms with Gasteiger partial charge in [0, 0.05) is 0 Å². The zero-order chi connectivity index (χ0) is 13.1. The minimum atomic E-state index is -7.16. The van der Waals surface area contributed by atoms with Crippen molar-refractivity contribution in [1.29, 1.82) is 0 Å². The zero-order valence-electron chi connectivity index (χ0n) is 9.17. The van der Waals surface area contributed by atoms with Crippen molar-refractivity contribution < 1.29 is 21.6 Å². The molecule has 0 radical (unpaired) electrons. The molecule has 18 heavy (non-hydrogen) atoms. The Morgan fingerprint density at radius 2 is 0.944 bits per heavy atom. The van der Waals surface area contributed by atoms with Crippen LogP contribution in [-0.2, 0) is 0 Å². The molecule has 0 aliphatic rings. The first-order chi connectivity index (χ1) is 8.42. The van der Waals surface area contributed by atoms with E-state index in [1.165, 1.54) is 48.5 Å². The van der Waals surface area contributed by atoms with Crippen LogP contribution in [0.4, 0.5) is 12.6 Å². The normalized spacial score (nSPS) is 13.4. The fraction of sp³-hybridized carbons (Fsp3) is 0. The van der Waals surface area contributed by atoms with E-state index in [0.29, 0.717) is 0 Å². The Bertz CT molecular complexity index is 466. The first kappa shape index (κ1) is 12.7. The van der Waals surface area contributed by atoms with Crippen LogP contribution < -0.4 is 9.05 Å². The Kier molecular flexibility index (Phi) is 3.18. The Morgan fingerprint density at radius 1 is 0.611 bits per heavy atom. The average molecular weight is 274 g/mol. The molecule has 96 valence electrons. The van der Waals surface area contributed by atoms with Gasteiger partial charge in [0.2, 0.25) is 0 Å². The summed E-state index contributed by atoms with van der Waals surface area (Å²) in [5.41, 5.74) is 0. The molecule has 0 N–H and O–H groups in total. The van der Waals surface area contributed by atoms with E-state index >= 15 is 0 Å². The fourth-order valence-corrected chi connectivity index (χ4v) is 2.24. The van der Waals surface area contributed by atoms with Crippen LogP contribution in [0.3, 0.4) is 0 Å². The summed E-state index contributed by atoms with van der Waals surface area (Å²) in [4.78, 5) is 0. The van der Waals surface area contributed by atoms with Gasteiger partial charge < -0.3 is 0 Å². The van der Waals surface area contributed by atoms with Gasteiger partial charge in [-0.25, -0.2) is 0 Å². The molecule has 0 atom stereocenters. The van der Waals surface area contributed by atoms with E-state index in [1.807, 2.05) is 0 Å². The molecule has 2 aromatic carbocycles. The number of halogens is 3. The maximum absolute atomic E-state index is 13.5. The van der Waals surface area contributed by atoms with Gasteiger partial charge in [0.15, 0.2) is 0 Å². The predicted octanol–water partition coefficient (Wildman–Crippen LogP) is 5.18. The van der Waals surface area contributed by atoms with Crippen LogP contribution in [0.1, 0.15) is 0 Å². The molecule has 0 amide bonds. The molecular weight excluding hydrogens is 264 g/mol. The number of hydrogen-bond donors (Lipinski definition) is 0. The second-order valence-corrected chi connectivity index (χ2v) is 5.21. The van der Waals surface area contributed by atoms with Crippen LogP contribution >= 0.6 is 7.99 Å². The molecule has 2 nitrogen and oxygen atoms in total. The van der Waals surface area contributed by atoms with Crippen LogP contribution in [0.2, 0.25) is 0 Å². The monoisotopic (exact) mass is 274 g/mol. The van der Waals surface area contributed by atoms with Gasteiger partial charge in [0.25, 0.3) is 0 Å². The van der Waals surface area contributed by atoms with E-state index in [9.17, 15) is 12.6 Å². The molecule has 0 fully saturated rings. The van der Waals surface area contributed by atoms with Crippen molar-refractivity contribution in [1.82, 2.24) is 0 Å². The molecule has 0 unspecified atom stereocenters. The van der Waals surface area contributed by atoms with Gasteiger partial charge in [-0.2, -0.15) is 0 Å². The van der Waals surface area contributed by atoms with E-state index in [-0.39, 0.29) is 11.5 Å². The molecule has 0 saturated heterocycles. The van der Waals surface area contributed by atoms with E-state index in [2.05, 4.69) is 9.05 Å². The zero-order valence-corrected chi connectivity index (χ0v) is 10.1. The first-order valence-corrected chi connectivity index (χ1v) is 6.85. The van der Waals surface area contributed by atoms with E-state index < -0.39 is 7.99 Å². The average Bonchev–Trinajstić information content (AvgIpc) is 2.29. The summed E-state index contributed by atoms with van der Waals surface area (Å²) in [5, 5.41) is 0. The molecule has 0 bridgehead atoms. The maximum atomic E-state index is 13.5. The van der Waals surface area contributed by atoms with Crippen molar-refractivity contribution in [2.24, 2.45) is 0 Å². The minimum absolute atomic E-state index is 0.279. The van der Waals surface area contributed by atoms with Crippen molar-refractivity contribution in [3.8, 4) is 11.5 Å². The standard InChI is InChI=1S/C12H10F3O2P/c13-18(14,15,16-11-7-3-1-4-8-11)17-12-9-5-2-6-10-12/h1-10H. The van der Waals surface area contributed by atoms with Gasteiger partial charge in [-0.3, -0.25) is 0 Å². The van der Waals surface area contributed by atoms with E-state index in [4.69, 9.17) is 0 Å². The molecule has 6 heteroatoms. The van der Waals surface area contributed by atoms with Crippen molar-refractivity contribution in [2.45, 2.75) is 0 Å². The second-order valence-electron chi connectivity index (χ2n) is 3.49. The Hall–Kier alpha value is -1.74. The van der Waals surface area contributed by atoms with Crippen LogP contribution in [-0.4, -0.2) is 0 Å². The van der Waals surface area contributed by atoms with Crippen LogP contribution in [0.15, 0.2) is 60.7 Å². The van der Waals surface area contributed by atoms with Gasteiger partial charge in [0.1, 0.15) is 0 Å². The molecule has 0 spiro atoms. The Balaban J connectivity index is 2.17. The van der Waals surface area contributed by atoms with Gasteiger partial charge >= 0.3 is 102 Å². The number of rotatable bonds is 4. The quantitative estimate of drug-likeness (QED) is 0.715. The second kappa shape index (κ2) is 4.50. The van der Waals surface area contributed by atoms with Crippen molar-refractivity contribution >= 4 is 7.99 Å². The van der Waals surface area contributed by atoms with Crippen LogP contribution in [0, 0.1) is 0 Å². The molecule has 2 aromatic rings. The topological polar surface area (TPSA) is 18.5 Å². The predicted molar refractivity (Wildman–Crippen MR) is 64.4 cm³/mol. The summed E-state index contributed by atoms with van der Waals surface area (Å²) in [6.45, 7) is 0. The molecule has 0 aliphatic heterocycles. The summed E-state index contributed by atoms with van der Waals surface area (Å²) in [6, 6.07) is 14.0. The van der Waals surface area contributed by atoms with Gasteiger partial charge in [0.05, 0.1) is 0 Å². The summed E-state index contributed by atoms with van der Waals surface area (Å²) in [5.74, 6) is -0.558. The number of para-hydroxylation sites is 2. The summed E-state index contributed by atoms with van der Waals surface area (Å²) in [6.07, 6.45) is 0.